The number of hydrogen-bond acceptors (Lipinski definition) is 3. The highest BCUT2D eigenvalue weighted by Crippen LogP contribution is 2.37. The molecule has 0 bridgehead atoms. The van der Waals surface area contributed by atoms with Crippen LogP contribution in [0.4, 0.5) is 0 Å². The van der Waals surface area contributed by atoms with Gasteiger partial charge in [-0.25, -0.2) is 0 Å². The molecule has 0 saturated heterocycles. The van der Waals surface area contributed by atoms with Crippen molar-refractivity contribution in [3.63, 3.8) is 0 Å². The molecule has 0 radical (unpaired) electrons. The molecule has 3 nitrogen and oxygen atoms in total. The third kappa shape index (κ3) is 2.28. The zero-order chi connectivity index (χ0) is 12.4. The summed E-state index contributed by atoms with van der Waals surface area (Å²) < 4.78 is 0. The molecule has 1 aromatic heterocycles. The van der Waals surface area contributed by atoms with E-state index in [2.05, 4.69) is 18.0 Å². The Bertz CT molecular complexity index is 438. The van der Waals surface area contributed by atoms with E-state index in [0.717, 1.165) is 18.5 Å². The SMILES string of the molecule is C=C(C)C1c2ccsc2CCN1C(=O)CCN. The first-order valence-electron chi connectivity index (χ1n) is 5.86. The lowest BCUT2D eigenvalue weighted by molar-refractivity contribution is -0.133. The van der Waals surface area contributed by atoms with E-state index in [9.17, 15) is 4.79 Å². The summed E-state index contributed by atoms with van der Waals surface area (Å²) in [5.74, 6) is 0.136. The van der Waals surface area contributed by atoms with Gasteiger partial charge in [0.15, 0.2) is 0 Å². The molecule has 0 spiro atoms. The maximum Gasteiger partial charge on any atom is 0.224 e. The number of hydrogen-bond donors (Lipinski definition) is 1. The van der Waals surface area contributed by atoms with Gasteiger partial charge in [-0.15, -0.1) is 11.3 Å². The van der Waals surface area contributed by atoms with Crippen molar-refractivity contribution in [3.05, 3.63) is 34.0 Å². The summed E-state index contributed by atoms with van der Waals surface area (Å²) in [6.45, 7) is 7.21. The van der Waals surface area contributed by atoms with Crippen molar-refractivity contribution in [2.45, 2.75) is 25.8 Å². The normalized spacial score (nSPS) is 18.9. The Morgan fingerprint density at radius 1 is 1.71 bits per heavy atom. The van der Waals surface area contributed by atoms with Crippen molar-refractivity contribution in [3.8, 4) is 0 Å². The molecule has 4 heteroatoms. The molecule has 0 fully saturated rings. The van der Waals surface area contributed by atoms with Crippen LogP contribution < -0.4 is 5.73 Å². The number of thiophene rings is 1. The highest BCUT2D eigenvalue weighted by molar-refractivity contribution is 7.10. The van der Waals surface area contributed by atoms with Crippen LogP contribution in [0, 0.1) is 0 Å². The van der Waals surface area contributed by atoms with E-state index in [1.807, 2.05) is 11.8 Å². The van der Waals surface area contributed by atoms with E-state index >= 15 is 0 Å². The summed E-state index contributed by atoms with van der Waals surface area (Å²) in [7, 11) is 0. The van der Waals surface area contributed by atoms with Crippen molar-refractivity contribution in [2.75, 3.05) is 13.1 Å². The average Bonchev–Trinajstić information content (AvgIpc) is 2.75. The molecule has 0 aliphatic carbocycles. The number of fused-ring (bicyclic) bond motifs is 1. The second-order valence-electron chi connectivity index (χ2n) is 4.42. The number of carbonyl (C=O) groups is 1. The van der Waals surface area contributed by atoms with Crippen LogP contribution in [-0.2, 0) is 11.2 Å². The Morgan fingerprint density at radius 3 is 3.12 bits per heavy atom. The summed E-state index contributed by atoms with van der Waals surface area (Å²) in [6.07, 6.45) is 1.37. The topological polar surface area (TPSA) is 46.3 Å². The van der Waals surface area contributed by atoms with Crippen molar-refractivity contribution in [1.82, 2.24) is 4.90 Å². The van der Waals surface area contributed by atoms with E-state index in [4.69, 9.17) is 5.73 Å². The van der Waals surface area contributed by atoms with Gasteiger partial charge in [-0.1, -0.05) is 12.2 Å². The van der Waals surface area contributed by atoms with Gasteiger partial charge in [-0.05, 0) is 30.4 Å². The molecule has 92 valence electrons. The minimum absolute atomic E-state index is 0.0454. The lowest BCUT2D eigenvalue weighted by atomic mass is 9.94. The quantitative estimate of drug-likeness (QED) is 0.835. The summed E-state index contributed by atoms with van der Waals surface area (Å²) >= 11 is 1.77. The van der Waals surface area contributed by atoms with Crippen molar-refractivity contribution < 1.29 is 4.79 Å². The zero-order valence-corrected chi connectivity index (χ0v) is 10.9. The fourth-order valence-electron chi connectivity index (χ4n) is 2.38. The van der Waals surface area contributed by atoms with Gasteiger partial charge >= 0.3 is 0 Å². The third-order valence-corrected chi connectivity index (χ3v) is 4.11. The summed E-state index contributed by atoms with van der Waals surface area (Å²) in [4.78, 5) is 15.4. The standard InChI is InChI=1S/C13H18N2OS/c1-9(2)13-10-5-8-17-11(10)4-7-15(13)12(16)3-6-14/h5,8,13H,1,3-4,6-7,14H2,2H3. The second kappa shape index (κ2) is 5.02. The van der Waals surface area contributed by atoms with Crippen LogP contribution in [0.3, 0.4) is 0 Å². The highest BCUT2D eigenvalue weighted by Gasteiger charge is 2.31. The van der Waals surface area contributed by atoms with Gasteiger partial charge in [0.05, 0.1) is 6.04 Å². The van der Waals surface area contributed by atoms with Gasteiger partial charge in [-0.3, -0.25) is 4.79 Å². The average molecular weight is 250 g/mol. The smallest absolute Gasteiger partial charge is 0.224 e. The van der Waals surface area contributed by atoms with Crippen LogP contribution in [0.25, 0.3) is 0 Å². The van der Waals surface area contributed by atoms with Gasteiger partial charge in [0.25, 0.3) is 0 Å². The molecule has 17 heavy (non-hydrogen) atoms. The van der Waals surface area contributed by atoms with Gasteiger partial charge in [-0.2, -0.15) is 0 Å². The first-order chi connectivity index (χ1) is 8.15. The van der Waals surface area contributed by atoms with E-state index in [0.29, 0.717) is 13.0 Å². The Hall–Kier alpha value is -1.13. The van der Waals surface area contributed by atoms with E-state index in [-0.39, 0.29) is 11.9 Å². The zero-order valence-electron chi connectivity index (χ0n) is 10.1. The molecule has 2 heterocycles. The van der Waals surface area contributed by atoms with Crippen LogP contribution in [-0.4, -0.2) is 23.9 Å². The first kappa shape index (κ1) is 12.3. The molecule has 1 aliphatic heterocycles. The fourth-order valence-corrected chi connectivity index (χ4v) is 3.29. The molecule has 0 aromatic carbocycles. The van der Waals surface area contributed by atoms with Gasteiger partial charge in [0, 0.05) is 24.4 Å². The molecule has 1 aliphatic rings. The van der Waals surface area contributed by atoms with Crippen molar-refractivity contribution >= 4 is 17.2 Å². The maximum atomic E-state index is 12.1. The molecule has 1 unspecified atom stereocenters. The van der Waals surface area contributed by atoms with E-state index in [1.165, 1.54) is 10.4 Å². The van der Waals surface area contributed by atoms with E-state index in [1.54, 1.807) is 11.3 Å². The summed E-state index contributed by atoms with van der Waals surface area (Å²) in [5.41, 5.74) is 7.74. The van der Waals surface area contributed by atoms with Crippen LogP contribution in [0.2, 0.25) is 0 Å². The third-order valence-electron chi connectivity index (χ3n) is 3.11. The van der Waals surface area contributed by atoms with Crippen LogP contribution in [0.5, 0.6) is 0 Å². The van der Waals surface area contributed by atoms with Crippen LogP contribution in [0.15, 0.2) is 23.6 Å². The Kier molecular flexibility index (Phi) is 3.64. The number of nitrogens with zero attached hydrogens (tertiary/aromatic N) is 1. The predicted octanol–water partition coefficient (Wildman–Crippen LogP) is 2.10. The lowest BCUT2D eigenvalue weighted by Crippen LogP contribution is -2.40. The first-order valence-corrected chi connectivity index (χ1v) is 6.74. The summed E-state index contributed by atoms with van der Waals surface area (Å²) in [5, 5.41) is 2.09. The van der Waals surface area contributed by atoms with E-state index < -0.39 is 0 Å². The monoisotopic (exact) mass is 250 g/mol. The highest BCUT2D eigenvalue weighted by atomic mass is 32.1. The molecule has 2 rings (SSSR count). The van der Waals surface area contributed by atoms with Crippen molar-refractivity contribution in [2.24, 2.45) is 5.73 Å². The molecule has 1 amide bonds. The summed E-state index contributed by atoms with van der Waals surface area (Å²) in [6, 6.07) is 2.16. The molecular formula is C13H18N2OS. The second-order valence-corrected chi connectivity index (χ2v) is 5.42. The van der Waals surface area contributed by atoms with Crippen molar-refractivity contribution in [1.29, 1.82) is 0 Å². The molecule has 1 aromatic rings. The maximum absolute atomic E-state index is 12.1. The molecule has 1 atom stereocenters. The van der Waals surface area contributed by atoms with Gasteiger partial charge < -0.3 is 10.6 Å². The minimum Gasteiger partial charge on any atom is -0.331 e. The fraction of sp³-hybridized carbons (Fsp3) is 0.462. The molecular weight excluding hydrogens is 232 g/mol. The van der Waals surface area contributed by atoms with Crippen LogP contribution in [0.1, 0.15) is 29.8 Å². The Labute approximate surface area is 106 Å². The number of nitrogens with two attached hydrogens (primary N) is 1. The number of rotatable bonds is 3. The Morgan fingerprint density at radius 2 is 2.47 bits per heavy atom. The Balaban J connectivity index is 2.30. The molecule has 2 N–H and O–H groups in total. The number of carbonyl (C=O) groups excluding carboxylic acids is 1. The van der Waals surface area contributed by atoms with Gasteiger partial charge in [0.2, 0.25) is 5.91 Å². The predicted molar refractivity (Wildman–Crippen MR) is 71.0 cm³/mol. The lowest BCUT2D eigenvalue weighted by Gasteiger charge is -2.36. The largest absolute Gasteiger partial charge is 0.331 e. The van der Waals surface area contributed by atoms with Gasteiger partial charge in [0.1, 0.15) is 0 Å². The molecule has 0 saturated carbocycles. The number of amides is 1. The minimum atomic E-state index is 0.0454. The van der Waals surface area contributed by atoms with Crippen LogP contribution >= 0.6 is 11.3 Å².